The molecule has 1 N–H and O–H groups in total. The highest BCUT2D eigenvalue weighted by Crippen LogP contribution is 2.15. The summed E-state index contributed by atoms with van der Waals surface area (Å²) >= 11 is 0. The van der Waals surface area contributed by atoms with Crippen LogP contribution in [0.4, 0.5) is 0 Å². The lowest BCUT2D eigenvalue weighted by Gasteiger charge is -2.18. The zero-order chi connectivity index (χ0) is 12.7. The zero-order valence-electron chi connectivity index (χ0n) is 11.8. The number of aryl methyl sites for hydroxylation is 1. The fourth-order valence-electron chi connectivity index (χ4n) is 2.09. The number of hydrogen-bond acceptors (Lipinski definition) is 1. The van der Waals surface area contributed by atoms with E-state index in [2.05, 4.69) is 57.3 Å². The van der Waals surface area contributed by atoms with Crippen molar-refractivity contribution in [3.8, 4) is 0 Å². The quantitative estimate of drug-likeness (QED) is 0.755. The largest absolute Gasteiger partial charge is 0.316 e. The molecule has 1 unspecified atom stereocenters. The Labute approximate surface area is 107 Å². The summed E-state index contributed by atoms with van der Waals surface area (Å²) in [4.78, 5) is 0. The molecule has 0 aliphatic heterocycles. The van der Waals surface area contributed by atoms with Gasteiger partial charge < -0.3 is 5.32 Å². The molecule has 1 aromatic rings. The summed E-state index contributed by atoms with van der Waals surface area (Å²) in [5, 5.41) is 3.58. The fraction of sp³-hybridized carbons (Fsp3) is 0.625. The van der Waals surface area contributed by atoms with Gasteiger partial charge in [-0.3, -0.25) is 0 Å². The van der Waals surface area contributed by atoms with Crippen LogP contribution in [-0.2, 0) is 6.42 Å². The van der Waals surface area contributed by atoms with Crippen LogP contribution in [-0.4, -0.2) is 13.1 Å². The third kappa shape index (κ3) is 5.36. The Bertz CT molecular complexity index is 317. The molecular weight excluding hydrogens is 206 g/mol. The van der Waals surface area contributed by atoms with Gasteiger partial charge in [0.15, 0.2) is 0 Å². The van der Waals surface area contributed by atoms with Crippen LogP contribution >= 0.6 is 0 Å². The first-order chi connectivity index (χ1) is 8.13. The van der Waals surface area contributed by atoms with Gasteiger partial charge in [0.1, 0.15) is 0 Å². The summed E-state index contributed by atoms with van der Waals surface area (Å²) in [6.45, 7) is 11.3. The Hall–Kier alpha value is -0.820. The highest BCUT2D eigenvalue weighted by Gasteiger charge is 2.08. The van der Waals surface area contributed by atoms with Crippen molar-refractivity contribution < 1.29 is 0 Å². The Morgan fingerprint density at radius 3 is 2.41 bits per heavy atom. The van der Waals surface area contributed by atoms with Crippen LogP contribution in [0.3, 0.4) is 0 Å². The van der Waals surface area contributed by atoms with Crippen LogP contribution in [0, 0.1) is 18.8 Å². The van der Waals surface area contributed by atoms with Crippen molar-refractivity contribution in [1.29, 1.82) is 0 Å². The molecule has 0 fully saturated rings. The van der Waals surface area contributed by atoms with Crippen LogP contribution in [0.15, 0.2) is 24.3 Å². The maximum Gasteiger partial charge on any atom is -0.00173 e. The van der Waals surface area contributed by atoms with Gasteiger partial charge in [-0.15, -0.1) is 0 Å². The van der Waals surface area contributed by atoms with Crippen molar-refractivity contribution in [2.45, 2.75) is 40.5 Å². The second-order valence-electron chi connectivity index (χ2n) is 5.46. The Morgan fingerprint density at radius 2 is 1.82 bits per heavy atom. The molecule has 0 aromatic heterocycles. The molecule has 1 nitrogen and oxygen atoms in total. The van der Waals surface area contributed by atoms with Gasteiger partial charge in [-0.05, 0) is 49.4 Å². The molecular formula is C16H27N. The van der Waals surface area contributed by atoms with Crippen molar-refractivity contribution in [2.75, 3.05) is 13.1 Å². The Morgan fingerprint density at radius 1 is 1.12 bits per heavy atom. The molecule has 0 heterocycles. The first kappa shape index (κ1) is 14.2. The Balaban J connectivity index is 2.44. The SMILES string of the molecule is CCC(CNCC(C)C)Cc1ccccc1C. The third-order valence-corrected chi connectivity index (χ3v) is 3.33. The smallest absolute Gasteiger partial charge is 0.00173 e. The van der Waals surface area contributed by atoms with Crippen molar-refractivity contribution in [1.82, 2.24) is 5.32 Å². The van der Waals surface area contributed by atoms with E-state index in [0.717, 1.165) is 24.9 Å². The predicted molar refractivity (Wildman–Crippen MR) is 76.4 cm³/mol. The maximum atomic E-state index is 3.58. The molecule has 0 aliphatic rings. The van der Waals surface area contributed by atoms with Gasteiger partial charge in [0.2, 0.25) is 0 Å². The fourth-order valence-corrected chi connectivity index (χ4v) is 2.09. The normalized spacial score (nSPS) is 13.0. The molecule has 0 bridgehead atoms. The predicted octanol–water partition coefficient (Wildman–Crippen LogP) is 3.81. The first-order valence-corrected chi connectivity index (χ1v) is 6.88. The lowest BCUT2D eigenvalue weighted by Crippen LogP contribution is -2.27. The van der Waals surface area contributed by atoms with Crippen molar-refractivity contribution in [3.63, 3.8) is 0 Å². The Kier molecular flexibility index (Phi) is 6.28. The van der Waals surface area contributed by atoms with Gasteiger partial charge in [-0.1, -0.05) is 51.5 Å². The molecule has 96 valence electrons. The van der Waals surface area contributed by atoms with Gasteiger partial charge in [0.25, 0.3) is 0 Å². The molecule has 0 radical (unpaired) electrons. The highest BCUT2D eigenvalue weighted by molar-refractivity contribution is 5.25. The number of rotatable bonds is 7. The summed E-state index contributed by atoms with van der Waals surface area (Å²) in [6.07, 6.45) is 2.45. The summed E-state index contributed by atoms with van der Waals surface area (Å²) in [7, 11) is 0. The zero-order valence-corrected chi connectivity index (χ0v) is 11.8. The molecule has 1 atom stereocenters. The molecule has 1 rings (SSSR count). The number of nitrogens with one attached hydrogen (secondary N) is 1. The van der Waals surface area contributed by atoms with E-state index in [1.807, 2.05) is 0 Å². The maximum absolute atomic E-state index is 3.58. The average molecular weight is 233 g/mol. The second-order valence-corrected chi connectivity index (χ2v) is 5.46. The molecule has 0 aliphatic carbocycles. The van der Waals surface area contributed by atoms with Gasteiger partial charge in [-0.25, -0.2) is 0 Å². The van der Waals surface area contributed by atoms with Gasteiger partial charge >= 0.3 is 0 Å². The molecule has 17 heavy (non-hydrogen) atoms. The molecule has 0 spiro atoms. The minimum absolute atomic E-state index is 0.742. The molecule has 0 saturated heterocycles. The minimum Gasteiger partial charge on any atom is -0.316 e. The number of benzene rings is 1. The van der Waals surface area contributed by atoms with E-state index < -0.39 is 0 Å². The average Bonchev–Trinajstić information content (AvgIpc) is 2.30. The lowest BCUT2D eigenvalue weighted by atomic mass is 9.94. The van der Waals surface area contributed by atoms with Crippen LogP contribution in [0.25, 0.3) is 0 Å². The highest BCUT2D eigenvalue weighted by atomic mass is 14.9. The van der Waals surface area contributed by atoms with E-state index >= 15 is 0 Å². The van der Waals surface area contributed by atoms with Crippen LogP contribution in [0.5, 0.6) is 0 Å². The monoisotopic (exact) mass is 233 g/mol. The number of hydrogen-bond donors (Lipinski definition) is 1. The summed E-state index contributed by atoms with van der Waals surface area (Å²) in [5.74, 6) is 1.50. The molecule has 1 aromatic carbocycles. The third-order valence-electron chi connectivity index (χ3n) is 3.33. The van der Waals surface area contributed by atoms with E-state index in [1.165, 1.54) is 24.0 Å². The molecule has 1 heteroatoms. The summed E-state index contributed by atoms with van der Waals surface area (Å²) in [5.41, 5.74) is 2.93. The summed E-state index contributed by atoms with van der Waals surface area (Å²) < 4.78 is 0. The molecule has 0 amide bonds. The van der Waals surface area contributed by atoms with E-state index in [9.17, 15) is 0 Å². The summed E-state index contributed by atoms with van der Waals surface area (Å²) in [6, 6.07) is 8.75. The van der Waals surface area contributed by atoms with Crippen molar-refractivity contribution in [2.24, 2.45) is 11.8 Å². The van der Waals surface area contributed by atoms with Crippen molar-refractivity contribution in [3.05, 3.63) is 35.4 Å². The van der Waals surface area contributed by atoms with E-state index in [1.54, 1.807) is 0 Å². The minimum atomic E-state index is 0.742. The van der Waals surface area contributed by atoms with E-state index in [0.29, 0.717) is 0 Å². The topological polar surface area (TPSA) is 12.0 Å². The van der Waals surface area contributed by atoms with Crippen molar-refractivity contribution >= 4 is 0 Å². The van der Waals surface area contributed by atoms with E-state index in [-0.39, 0.29) is 0 Å². The van der Waals surface area contributed by atoms with Crippen LogP contribution in [0.2, 0.25) is 0 Å². The second kappa shape index (κ2) is 7.50. The standard InChI is InChI=1S/C16H27N/c1-5-15(12-17-11-13(2)3)10-16-9-7-6-8-14(16)4/h6-9,13,15,17H,5,10-12H2,1-4H3. The first-order valence-electron chi connectivity index (χ1n) is 6.88. The van der Waals surface area contributed by atoms with Gasteiger partial charge in [-0.2, -0.15) is 0 Å². The van der Waals surface area contributed by atoms with E-state index in [4.69, 9.17) is 0 Å². The lowest BCUT2D eigenvalue weighted by molar-refractivity contribution is 0.437. The van der Waals surface area contributed by atoms with Gasteiger partial charge in [0.05, 0.1) is 0 Å². The van der Waals surface area contributed by atoms with Crippen LogP contribution < -0.4 is 5.32 Å². The molecule has 0 saturated carbocycles. The van der Waals surface area contributed by atoms with Crippen LogP contribution in [0.1, 0.15) is 38.3 Å². The van der Waals surface area contributed by atoms with Gasteiger partial charge in [0, 0.05) is 0 Å².